The third-order valence-electron chi connectivity index (χ3n) is 3.28. The highest BCUT2D eigenvalue weighted by molar-refractivity contribution is 9.10. The zero-order valence-electron chi connectivity index (χ0n) is 12.4. The molecule has 0 aliphatic rings. The number of carbonyl (C=O) groups excluding carboxylic acids is 1. The van der Waals surface area contributed by atoms with Gasteiger partial charge in [0.1, 0.15) is 11.4 Å². The number of nitrogens with zero attached hydrogens (tertiary/aromatic N) is 2. The third-order valence-corrected chi connectivity index (χ3v) is 3.75. The second-order valence-electron chi connectivity index (χ2n) is 5.05. The first-order valence-corrected chi connectivity index (χ1v) is 8.08. The Balaban J connectivity index is 1.45. The fraction of sp³-hybridized carbons (Fsp3) is 0.176. The standard InChI is InChI=1S/C17H16BrN3O2/c18-13-6-7-16-20-14(11-21(16)10-13)8-9-19-17(22)12-23-15-4-2-1-3-5-15/h1-7,10-11H,8-9,12H2,(H,19,22). The highest BCUT2D eigenvalue weighted by Crippen LogP contribution is 2.12. The lowest BCUT2D eigenvalue weighted by atomic mass is 10.3. The van der Waals surface area contributed by atoms with E-state index in [1.807, 2.05) is 59.3 Å². The minimum Gasteiger partial charge on any atom is -0.484 e. The van der Waals surface area contributed by atoms with E-state index >= 15 is 0 Å². The number of carbonyl (C=O) groups is 1. The van der Waals surface area contributed by atoms with Crippen LogP contribution in [0, 0.1) is 0 Å². The number of halogens is 1. The number of para-hydroxylation sites is 1. The molecule has 0 radical (unpaired) electrons. The molecule has 1 amide bonds. The summed E-state index contributed by atoms with van der Waals surface area (Å²) in [6.45, 7) is 0.546. The van der Waals surface area contributed by atoms with Gasteiger partial charge in [0.2, 0.25) is 0 Å². The Morgan fingerprint density at radius 3 is 2.83 bits per heavy atom. The first-order chi connectivity index (χ1) is 11.2. The molecule has 1 N–H and O–H groups in total. The lowest BCUT2D eigenvalue weighted by Gasteiger charge is -2.06. The monoisotopic (exact) mass is 373 g/mol. The molecule has 118 valence electrons. The van der Waals surface area contributed by atoms with Crippen molar-refractivity contribution >= 4 is 27.5 Å². The molecule has 0 unspecified atom stereocenters. The fourth-order valence-electron chi connectivity index (χ4n) is 2.18. The van der Waals surface area contributed by atoms with Crippen LogP contribution >= 0.6 is 15.9 Å². The Labute approximate surface area is 142 Å². The second kappa shape index (κ2) is 7.28. The van der Waals surface area contributed by atoms with Gasteiger partial charge in [-0.2, -0.15) is 0 Å². The van der Waals surface area contributed by atoms with Crippen LogP contribution in [0.4, 0.5) is 0 Å². The Hall–Kier alpha value is -2.34. The maximum absolute atomic E-state index is 11.8. The summed E-state index contributed by atoms with van der Waals surface area (Å²) in [6, 6.07) is 13.2. The minimum absolute atomic E-state index is 0.0160. The van der Waals surface area contributed by atoms with Crippen molar-refractivity contribution in [3.63, 3.8) is 0 Å². The van der Waals surface area contributed by atoms with Crippen molar-refractivity contribution in [2.24, 2.45) is 0 Å². The molecule has 0 fully saturated rings. The van der Waals surface area contributed by atoms with Gasteiger partial charge < -0.3 is 14.5 Å². The molecule has 2 aromatic heterocycles. The normalized spacial score (nSPS) is 10.7. The maximum Gasteiger partial charge on any atom is 0.257 e. The molecule has 23 heavy (non-hydrogen) atoms. The molecule has 5 nitrogen and oxygen atoms in total. The van der Waals surface area contributed by atoms with E-state index in [4.69, 9.17) is 4.74 Å². The quantitative estimate of drug-likeness (QED) is 0.722. The molecular weight excluding hydrogens is 358 g/mol. The van der Waals surface area contributed by atoms with Crippen LogP contribution in [0.5, 0.6) is 5.75 Å². The van der Waals surface area contributed by atoms with Gasteiger partial charge in [-0.3, -0.25) is 4.79 Å². The van der Waals surface area contributed by atoms with E-state index in [1.54, 1.807) is 0 Å². The van der Waals surface area contributed by atoms with Crippen molar-refractivity contribution in [1.29, 1.82) is 0 Å². The molecule has 0 bridgehead atoms. The highest BCUT2D eigenvalue weighted by Gasteiger charge is 2.05. The zero-order chi connectivity index (χ0) is 16.1. The van der Waals surface area contributed by atoms with Crippen molar-refractivity contribution in [3.8, 4) is 5.75 Å². The summed E-state index contributed by atoms with van der Waals surface area (Å²) in [5.74, 6) is 0.550. The number of pyridine rings is 1. The Bertz CT molecular complexity index is 802. The predicted molar refractivity (Wildman–Crippen MR) is 91.5 cm³/mol. The third kappa shape index (κ3) is 4.32. The molecule has 2 heterocycles. The van der Waals surface area contributed by atoms with Crippen molar-refractivity contribution in [3.05, 3.63) is 65.0 Å². The van der Waals surface area contributed by atoms with Gasteiger partial charge in [-0.1, -0.05) is 18.2 Å². The van der Waals surface area contributed by atoms with Crippen molar-refractivity contribution in [2.45, 2.75) is 6.42 Å². The Morgan fingerprint density at radius 1 is 1.17 bits per heavy atom. The van der Waals surface area contributed by atoms with E-state index in [0.29, 0.717) is 18.7 Å². The van der Waals surface area contributed by atoms with Gasteiger partial charge in [0, 0.05) is 29.8 Å². The summed E-state index contributed by atoms with van der Waals surface area (Å²) >= 11 is 3.43. The lowest BCUT2D eigenvalue weighted by Crippen LogP contribution is -2.30. The summed E-state index contributed by atoms with van der Waals surface area (Å²) in [5, 5.41) is 2.83. The number of hydrogen-bond donors (Lipinski definition) is 1. The molecule has 0 aliphatic heterocycles. The number of nitrogens with one attached hydrogen (secondary N) is 1. The second-order valence-corrected chi connectivity index (χ2v) is 5.96. The molecule has 0 saturated carbocycles. The zero-order valence-corrected chi connectivity index (χ0v) is 14.0. The van der Waals surface area contributed by atoms with Gasteiger partial charge in [0.05, 0.1) is 5.69 Å². The van der Waals surface area contributed by atoms with Crippen molar-refractivity contribution in [1.82, 2.24) is 14.7 Å². The summed E-state index contributed by atoms with van der Waals surface area (Å²) in [5.41, 5.74) is 1.83. The molecule has 0 spiro atoms. The van der Waals surface area contributed by atoms with Crippen LogP contribution in [-0.4, -0.2) is 28.4 Å². The van der Waals surface area contributed by atoms with Crippen LogP contribution < -0.4 is 10.1 Å². The largest absolute Gasteiger partial charge is 0.484 e. The van der Waals surface area contributed by atoms with Crippen molar-refractivity contribution in [2.75, 3.05) is 13.2 Å². The minimum atomic E-state index is -0.139. The molecule has 0 saturated heterocycles. The number of benzene rings is 1. The number of amides is 1. The van der Waals surface area contributed by atoms with E-state index in [2.05, 4.69) is 26.2 Å². The van der Waals surface area contributed by atoms with Gasteiger partial charge in [-0.25, -0.2) is 4.98 Å². The van der Waals surface area contributed by atoms with Crippen LogP contribution in [0.1, 0.15) is 5.69 Å². The molecule has 6 heteroatoms. The van der Waals surface area contributed by atoms with E-state index in [1.165, 1.54) is 0 Å². The maximum atomic E-state index is 11.8. The van der Waals surface area contributed by atoms with Gasteiger partial charge in [-0.15, -0.1) is 0 Å². The molecule has 0 atom stereocenters. The van der Waals surface area contributed by atoms with Crippen LogP contribution in [-0.2, 0) is 11.2 Å². The van der Waals surface area contributed by atoms with Gasteiger partial charge in [-0.05, 0) is 40.2 Å². The number of imidazole rings is 1. The average Bonchev–Trinajstić information content (AvgIpc) is 2.95. The number of ether oxygens (including phenoxy) is 1. The van der Waals surface area contributed by atoms with Crippen LogP contribution in [0.2, 0.25) is 0 Å². The molecule has 1 aromatic carbocycles. The van der Waals surface area contributed by atoms with E-state index in [-0.39, 0.29) is 12.5 Å². The first kappa shape index (κ1) is 15.6. The van der Waals surface area contributed by atoms with E-state index < -0.39 is 0 Å². The van der Waals surface area contributed by atoms with E-state index in [0.717, 1.165) is 15.8 Å². The summed E-state index contributed by atoms with van der Waals surface area (Å²) in [6.07, 6.45) is 4.60. The molecule has 0 aliphatic carbocycles. The summed E-state index contributed by atoms with van der Waals surface area (Å²) in [7, 11) is 0. The van der Waals surface area contributed by atoms with Crippen LogP contribution in [0.25, 0.3) is 5.65 Å². The topological polar surface area (TPSA) is 55.6 Å². The summed E-state index contributed by atoms with van der Waals surface area (Å²) < 4.78 is 8.35. The number of aromatic nitrogens is 2. The van der Waals surface area contributed by atoms with Gasteiger partial charge >= 0.3 is 0 Å². The number of rotatable bonds is 6. The average molecular weight is 374 g/mol. The Kier molecular flexibility index (Phi) is 4.92. The number of fused-ring (bicyclic) bond motifs is 1. The van der Waals surface area contributed by atoms with E-state index in [9.17, 15) is 4.79 Å². The first-order valence-electron chi connectivity index (χ1n) is 7.28. The Morgan fingerprint density at radius 2 is 2.00 bits per heavy atom. The fourth-order valence-corrected chi connectivity index (χ4v) is 2.54. The lowest BCUT2D eigenvalue weighted by molar-refractivity contribution is -0.123. The SMILES string of the molecule is O=C(COc1ccccc1)NCCc1cn2cc(Br)ccc2n1. The predicted octanol–water partition coefficient (Wildman–Crippen LogP) is 2.83. The molecule has 3 rings (SSSR count). The van der Waals surface area contributed by atoms with Crippen LogP contribution in [0.15, 0.2) is 59.3 Å². The molecular formula is C17H16BrN3O2. The summed E-state index contributed by atoms with van der Waals surface area (Å²) in [4.78, 5) is 16.3. The highest BCUT2D eigenvalue weighted by atomic mass is 79.9. The van der Waals surface area contributed by atoms with Gasteiger partial charge in [0.15, 0.2) is 6.61 Å². The molecule has 3 aromatic rings. The number of hydrogen-bond acceptors (Lipinski definition) is 3. The van der Waals surface area contributed by atoms with Crippen LogP contribution in [0.3, 0.4) is 0 Å². The smallest absolute Gasteiger partial charge is 0.257 e. The van der Waals surface area contributed by atoms with Crippen molar-refractivity contribution < 1.29 is 9.53 Å². The van der Waals surface area contributed by atoms with Gasteiger partial charge in [0.25, 0.3) is 5.91 Å².